The van der Waals surface area contributed by atoms with E-state index in [9.17, 15) is 13.2 Å². The molecule has 1 saturated heterocycles. The third-order valence-electron chi connectivity index (χ3n) is 3.29. The molecular weight excluding hydrogens is 227 g/mol. The highest BCUT2D eigenvalue weighted by Gasteiger charge is 2.35. The molecule has 0 aromatic heterocycles. The molecule has 0 amide bonds. The molecule has 2 rings (SSSR count). The zero-order valence-corrected chi connectivity index (χ0v) is 9.77. The number of nitrogens with one attached hydrogen (secondary N) is 1. The molecule has 4 heteroatoms. The summed E-state index contributed by atoms with van der Waals surface area (Å²) in [4.78, 5) is 0. The Morgan fingerprint density at radius 3 is 2.76 bits per heavy atom. The van der Waals surface area contributed by atoms with E-state index in [0.29, 0.717) is 6.54 Å². The first-order valence-corrected chi connectivity index (χ1v) is 5.84. The Balaban J connectivity index is 2.14. The molecule has 0 radical (unpaired) electrons. The van der Waals surface area contributed by atoms with Gasteiger partial charge in [-0.05, 0) is 50.0 Å². The van der Waals surface area contributed by atoms with Crippen molar-refractivity contribution >= 4 is 0 Å². The molecule has 0 saturated carbocycles. The van der Waals surface area contributed by atoms with Gasteiger partial charge in [0.2, 0.25) is 0 Å². The van der Waals surface area contributed by atoms with Gasteiger partial charge in [0.25, 0.3) is 5.92 Å². The van der Waals surface area contributed by atoms with Crippen LogP contribution in [-0.2, 0) is 5.92 Å². The molecule has 1 fully saturated rings. The zero-order valence-electron chi connectivity index (χ0n) is 9.77. The van der Waals surface area contributed by atoms with Crippen LogP contribution >= 0.6 is 0 Å². The van der Waals surface area contributed by atoms with Gasteiger partial charge in [0.15, 0.2) is 0 Å². The summed E-state index contributed by atoms with van der Waals surface area (Å²) in [6.45, 7) is 2.96. The van der Waals surface area contributed by atoms with E-state index in [4.69, 9.17) is 0 Å². The first-order valence-electron chi connectivity index (χ1n) is 5.84. The summed E-state index contributed by atoms with van der Waals surface area (Å²) < 4.78 is 41.0. The molecule has 1 aromatic rings. The van der Waals surface area contributed by atoms with Crippen molar-refractivity contribution in [1.82, 2.24) is 5.32 Å². The Kier molecular flexibility index (Phi) is 3.43. The summed E-state index contributed by atoms with van der Waals surface area (Å²) in [5.74, 6) is -3.29. The second-order valence-corrected chi connectivity index (χ2v) is 4.73. The molecule has 1 atom stereocenters. The van der Waals surface area contributed by atoms with Gasteiger partial charge in [0.1, 0.15) is 5.82 Å². The quantitative estimate of drug-likeness (QED) is 0.859. The van der Waals surface area contributed by atoms with Crippen molar-refractivity contribution in [3.8, 4) is 0 Å². The molecule has 0 bridgehead atoms. The lowest BCUT2D eigenvalue weighted by Gasteiger charge is -2.20. The Bertz CT molecular complexity index is 398. The molecule has 1 nitrogen and oxygen atoms in total. The minimum Gasteiger partial charge on any atom is -0.316 e. The fraction of sp³-hybridized carbons (Fsp3) is 0.538. The lowest BCUT2D eigenvalue weighted by Crippen LogP contribution is -2.20. The van der Waals surface area contributed by atoms with Gasteiger partial charge in [-0.3, -0.25) is 0 Å². The molecule has 1 heterocycles. The predicted molar refractivity (Wildman–Crippen MR) is 60.6 cm³/mol. The predicted octanol–water partition coefficient (Wildman–Crippen LogP) is 3.23. The molecule has 1 unspecified atom stereocenters. The number of benzene rings is 1. The minimum absolute atomic E-state index is 0.00959. The highest BCUT2D eigenvalue weighted by Crippen LogP contribution is 2.36. The van der Waals surface area contributed by atoms with Gasteiger partial charge in [-0.1, -0.05) is 6.07 Å². The first kappa shape index (κ1) is 12.4. The van der Waals surface area contributed by atoms with Gasteiger partial charge >= 0.3 is 0 Å². The van der Waals surface area contributed by atoms with Crippen LogP contribution in [0.15, 0.2) is 18.2 Å². The van der Waals surface area contributed by atoms with Gasteiger partial charge in [-0.15, -0.1) is 0 Å². The van der Waals surface area contributed by atoms with E-state index in [1.165, 1.54) is 19.1 Å². The number of halogens is 3. The highest BCUT2D eigenvalue weighted by atomic mass is 19.3. The van der Waals surface area contributed by atoms with E-state index in [0.717, 1.165) is 19.0 Å². The van der Waals surface area contributed by atoms with Gasteiger partial charge in [0.05, 0.1) is 0 Å². The summed E-state index contributed by atoms with van der Waals surface area (Å²) in [6, 6.07) is 3.55. The van der Waals surface area contributed by atoms with Crippen molar-refractivity contribution in [1.29, 1.82) is 0 Å². The SMILES string of the molecule is Cc1cc(C(F)(F)CC2CCNC2)ccc1F. The third kappa shape index (κ3) is 2.80. The molecule has 17 heavy (non-hydrogen) atoms. The van der Waals surface area contributed by atoms with Crippen molar-refractivity contribution in [3.05, 3.63) is 35.1 Å². The number of aryl methyl sites for hydroxylation is 1. The second kappa shape index (κ2) is 4.69. The second-order valence-electron chi connectivity index (χ2n) is 4.73. The van der Waals surface area contributed by atoms with Crippen molar-refractivity contribution in [2.45, 2.75) is 25.7 Å². The maximum atomic E-state index is 14.0. The van der Waals surface area contributed by atoms with E-state index in [1.54, 1.807) is 0 Å². The number of rotatable bonds is 3. The van der Waals surface area contributed by atoms with Gasteiger partial charge in [0, 0.05) is 12.0 Å². The molecule has 0 aliphatic carbocycles. The van der Waals surface area contributed by atoms with Crippen molar-refractivity contribution < 1.29 is 13.2 Å². The molecule has 0 spiro atoms. The maximum Gasteiger partial charge on any atom is 0.273 e. The summed E-state index contributed by atoms with van der Waals surface area (Å²) in [6.07, 6.45) is 0.626. The minimum atomic E-state index is -2.87. The van der Waals surface area contributed by atoms with E-state index in [2.05, 4.69) is 5.32 Å². The third-order valence-corrected chi connectivity index (χ3v) is 3.29. The fourth-order valence-electron chi connectivity index (χ4n) is 2.24. The number of alkyl halides is 2. The fourth-order valence-corrected chi connectivity index (χ4v) is 2.24. The summed E-state index contributed by atoms with van der Waals surface area (Å²) in [5.41, 5.74) is 0.190. The Morgan fingerprint density at radius 2 is 2.18 bits per heavy atom. The average Bonchev–Trinajstić information content (AvgIpc) is 2.73. The van der Waals surface area contributed by atoms with Gasteiger partial charge < -0.3 is 5.32 Å². The zero-order chi connectivity index (χ0) is 12.5. The lowest BCUT2D eigenvalue weighted by molar-refractivity contribution is -0.0269. The summed E-state index contributed by atoms with van der Waals surface area (Å²) in [7, 11) is 0. The Hall–Kier alpha value is -1.03. The monoisotopic (exact) mass is 243 g/mol. The van der Waals surface area contributed by atoms with Crippen LogP contribution in [0.1, 0.15) is 24.0 Å². The van der Waals surface area contributed by atoms with Gasteiger partial charge in [-0.25, -0.2) is 13.2 Å². The van der Waals surface area contributed by atoms with Crippen molar-refractivity contribution in [2.24, 2.45) is 5.92 Å². The molecule has 1 aliphatic heterocycles. The largest absolute Gasteiger partial charge is 0.316 e. The molecular formula is C13H16F3N. The molecule has 94 valence electrons. The topological polar surface area (TPSA) is 12.0 Å². The molecule has 1 N–H and O–H groups in total. The number of hydrogen-bond donors (Lipinski definition) is 1. The van der Waals surface area contributed by atoms with E-state index in [1.807, 2.05) is 0 Å². The average molecular weight is 243 g/mol. The van der Waals surface area contributed by atoms with Crippen LogP contribution in [0.2, 0.25) is 0 Å². The van der Waals surface area contributed by atoms with E-state index < -0.39 is 11.7 Å². The van der Waals surface area contributed by atoms with E-state index >= 15 is 0 Å². The van der Waals surface area contributed by atoms with E-state index in [-0.39, 0.29) is 23.5 Å². The Labute approximate surface area is 99.0 Å². The van der Waals surface area contributed by atoms with Crippen LogP contribution in [0.5, 0.6) is 0 Å². The lowest BCUT2D eigenvalue weighted by atomic mass is 9.94. The maximum absolute atomic E-state index is 14.0. The Morgan fingerprint density at radius 1 is 1.41 bits per heavy atom. The van der Waals surface area contributed by atoms with Crippen LogP contribution in [0.25, 0.3) is 0 Å². The van der Waals surface area contributed by atoms with Crippen molar-refractivity contribution in [3.63, 3.8) is 0 Å². The highest BCUT2D eigenvalue weighted by molar-refractivity contribution is 5.27. The van der Waals surface area contributed by atoms with Crippen molar-refractivity contribution in [2.75, 3.05) is 13.1 Å². The summed E-state index contributed by atoms with van der Waals surface area (Å²) in [5, 5.41) is 3.07. The van der Waals surface area contributed by atoms with Crippen LogP contribution < -0.4 is 5.32 Å². The standard InChI is InChI=1S/C13H16F3N/c1-9-6-11(2-3-12(9)14)13(15,16)7-10-4-5-17-8-10/h2-3,6,10,17H,4-5,7-8H2,1H3. The van der Waals surface area contributed by atoms with Gasteiger partial charge in [-0.2, -0.15) is 0 Å². The van der Waals surface area contributed by atoms with Crippen LogP contribution in [0.3, 0.4) is 0 Å². The molecule has 1 aromatic carbocycles. The summed E-state index contributed by atoms with van der Waals surface area (Å²) >= 11 is 0. The first-order chi connectivity index (χ1) is 7.99. The van der Waals surface area contributed by atoms with Crippen LogP contribution in [-0.4, -0.2) is 13.1 Å². The normalized spacial score (nSPS) is 20.8. The van der Waals surface area contributed by atoms with Crippen LogP contribution in [0, 0.1) is 18.7 Å². The molecule has 1 aliphatic rings. The number of hydrogen-bond acceptors (Lipinski definition) is 1. The van der Waals surface area contributed by atoms with Crippen LogP contribution in [0.4, 0.5) is 13.2 Å². The smallest absolute Gasteiger partial charge is 0.273 e.